The van der Waals surface area contributed by atoms with Crippen LogP contribution in [0, 0.1) is 11.3 Å². The first kappa shape index (κ1) is 28.0. The van der Waals surface area contributed by atoms with Crippen LogP contribution in [0.15, 0.2) is 46.8 Å². The number of unbranched alkanes of at least 4 members (excludes halogenated alkanes) is 2. The molecule has 2 atom stereocenters. The molecule has 9 nitrogen and oxygen atoms in total. The highest BCUT2D eigenvalue weighted by atomic mass is 32.2. The summed E-state index contributed by atoms with van der Waals surface area (Å²) in [6, 6.07) is 13.3. The minimum Gasteiger partial charge on any atom is -0.455 e. The molecule has 0 unspecified atom stereocenters. The summed E-state index contributed by atoms with van der Waals surface area (Å²) < 4.78 is 9.39. The van der Waals surface area contributed by atoms with Crippen molar-refractivity contribution in [3.8, 4) is 6.07 Å². The van der Waals surface area contributed by atoms with Gasteiger partial charge in [-0.25, -0.2) is 4.99 Å². The van der Waals surface area contributed by atoms with Gasteiger partial charge in [0.15, 0.2) is 0 Å². The Bertz CT molecular complexity index is 1150. The van der Waals surface area contributed by atoms with Gasteiger partial charge in [0, 0.05) is 30.9 Å². The summed E-state index contributed by atoms with van der Waals surface area (Å²) in [5.74, 6) is -0.156. The van der Waals surface area contributed by atoms with E-state index < -0.39 is 6.04 Å². The van der Waals surface area contributed by atoms with Gasteiger partial charge >= 0.3 is 0 Å². The number of carbonyl (C=O) groups excluding carboxylic acids is 2. The molecule has 4 rings (SSSR count). The Balaban J connectivity index is 1.38. The number of amidine groups is 1. The van der Waals surface area contributed by atoms with Crippen LogP contribution in [-0.4, -0.2) is 72.7 Å². The summed E-state index contributed by atoms with van der Waals surface area (Å²) in [4.78, 5) is 35.9. The van der Waals surface area contributed by atoms with Gasteiger partial charge in [0.05, 0.1) is 31.3 Å². The van der Waals surface area contributed by atoms with Gasteiger partial charge in [-0.1, -0.05) is 36.6 Å². The molecule has 0 bridgehead atoms. The Hall–Kier alpha value is -3.07. The Morgan fingerprint density at radius 2 is 2.13 bits per heavy atom. The molecular weight excluding hydrogens is 520 g/mol. The fraction of sp³-hybridized carbons (Fsp3) is 0.481. The van der Waals surface area contributed by atoms with E-state index in [0.717, 1.165) is 36.2 Å². The summed E-state index contributed by atoms with van der Waals surface area (Å²) in [5, 5.41) is 14.2. The van der Waals surface area contributed by atoms with Gasteiger partial charge in [-0.2, -0.15) is 5.26 Å². The summed E-state index contributed by atoms with van der Waals surface area (Å²) >= 11 is 3.19. The predicted molar refractivity (Wildman–Crippen MR) is 151 cm³/mol. The maximum atomic E-state index is 13.3. The lowest BCUT2D eigenvalue weighted by Crippen LogP contribution is -2.61. The van der Waals surface area contributed by atoms with E-state index in [9.17, 15) is 14.9 Å². The Kier molecular flexibility index (Phi) is 10.4. The number of nitrogens with one attached hydrogen (secondary N) is 2. The van der Waals surface area contributed by atoms with Crippen LogP contribution < -0.4 is 10.0 Å². The zero-order valence-electron chi connectivity index (χ0n) is 21.6. The highest BCUT2D eigenvalue weighted by Crippen LogP contribution is 2.26. The normalized spacial score (nSPS) is 19.0. The molecule has 1 saturated heterocycles. The number of ether oxygens (including phenoxy) is 1. The van der Waals surface area contributed by atoms with Gasteiger partial charge in [0.25, 0.3) is 6.02 Å². The molecule has 2 aliphatic heterocycles. The van der Waals surface area contributed by atoms with E-state index in [1.807, 2.05) is 46.9 Å². The summed E-state index contributed by atoms with van der Waals surface area (Å²) in [6.45, 7) is 3.11. The lowest BCUT2D eigenvalue weighted by atomic mass is 10.1. The minimum atomic E-state index is -0.623. The molecule has 0 spiro atoms. The molecule has 1 aromatic carbocycles. The fourth-order valence-corrected chi connectivity index (χ4v) is 5.59. The number of rotatable bonds is 11. The van der Waals surface area contributed by atoms with E-state index in [1.165, 1.54) is 0 Å². The van der Waals surface area contributed by atoms with Gasteiger partial charge in [-0.15, -0.1) is 11.3 Å². The summed E-state index contributed by atoms with van der Waals surface area (Å²) in [6.07, 6.45) is 4.95. The number of amides is 2. The van der Waals surface area contributed by atoms with E-state index >= 15 is 0 Å². The van der Waals surface area contributed by atoms with Crippen molar-refractivity contribution in [3.63, 3.8) is 0 Å². The summed E-state index contributed by atoms with van der Waals surface area (Å²) in [7, 11) is 0. The predicted octanol–water partition coefficient (Wildman–Crippen LogP) is 3.30. The van der Waals surface area contributed by atoms with Crippen molar-refractivity contribution < 1.29 is 14.3 Å². The smallest absolute Gasteiger partial charge is 0.288 e. The number of nitriles is 1. The summed E-state index contributed by atoms with van der Waals surface area (Å²) in [5.41, 5.74) is 1.48. The zero-order chi connectivity index (χ0) is 26.7. The first-order chi connectivity index (χ1) is 18.6. The van der Waals surface area contributed by atoms with Crippen molar-refractivity contribution in [2.45, 2.75) is 44.4 Å². The number of benzene rings is 1. The number of hydrogen-bond acceptors (Lipinski definition) is 9. The van der Waals surface area contributed by atoms with Crippen LogP contribution in [0.1, 0.15) is 47.8 Å². The number of thiophene rings is 1. The molecule has 11 heteroatoms. The van der Waals surface area contributed by atoms with Crippen molar-refractivity contribution in [1.29, 1.82) is 5.26 Å². The van der Waals surface area contributed by atoms with Crippen LogP contribution in [0.3, 0.4) is 0 Å². The monoisotopic (exact) mass is 554 g/mol. The number of piperazine rings is 1. The number of hydrogen-bond donors (Lipinski definition) is 2. The second kappa shape index (κ2) is 14.2. The van der Waals surface area contributed by atoms with Crippen LogP contribution in [0.5, 0.6) is 0 Å². The van der Waals surface area contributed by atoms with Crippen LogP contribution >= 0.6 is 23.3 Å². The van der Waals surface area contributed by atoms with E-state index in [1.54, 1.807) is 34.3 Å². The number of nitrogens with zero attached hydrogens (tertiary/aromatic N) is 4. The second-order valence-electron chi connectivity index (χ2n) is 9.22. The lowest BCUT2D eigenvalue weighted by Gasteiger charge is -2.41. The van der Waals surface area contributed by atoms with Crippen molar-refractivity contribution in [1.82, 2.24) is 19.8 Å². The van der Waals surface area contributed by atoms with Crippen molar-refractivity contribution in [3.05, 3.63) is 57.8 Å². The first-order valence-corrected chi connectivity index (χ1v) is 15.0. The third-order valence-electron chi connectivity index (χ3n) is 6.63. The molecule has 2 aliphatic rings. The second-order valence-corrected chi connectivity index (χ2v) is 11.0. The average Bonchev–Trinajstić information content (AvgIpc) is 3.66. The molecule has 0 radical (unpaired) electrons. The average molecular weight is 555 g/mol. The van der Waals surface area contributed by atoms with Crippen LogP contribution in [-0.2, 0) is 20.9 Å². The Morgan fingerprint density at radius 3 is 2.92 bits per heavy atom. The van der Waals surface area contributed by atoms with Crippen LogP contribution in [0.4, 0.5) is 0 Å². The minimum absolute atomic E-state index is 0.0132. The Morgan fingerprint density at radius 1 is 1.24 bits per heavy atom. The van der Waals surface area contributed by atoms with Crippen molar-refractivity contribution in [2.75, 3.05) is 39.0 Å². The van der Waals surface area contributed by atoms with Gasteiger partial charge in [0.1, 0.15) is 12.1 Å². The molecule has 3 heterocycles. The number of aliphatic imine (C=N–C) groups is 1. The maximum absolute atomic E-state index is 13.3. The SMILES string of the molecule is CSNCCCCCC(=O)N1CCN(C2=NC[C@H](c3cccc(C#N)c3)O2)C[C@H]1C(=O)NCc1cccs1. The standard InChI is InChI=1S/C27H34N6O3S2/c1-37-31-11-4-2-3-10-25(34)33-13-12-32(19-23(33)26(35)29-17-22-9-6-14-38-22)27-30-18-24(36-27)21-8-5-7-20(15-21)16-28/h5-9,14-15,23-24,31H,2-4,10-13,17-19H2,1H3,(H,29,35)/t23-,24+/m0/s1. The molecule has 38 heavy (non-hydrogen) atoms. The lowest BCUT2D eigenvalue weighted by molar-refractivity contribution is -0.143. The molecular formula is C27H34N6O3S2. The largest absolute Gasteiger partial charge is 0.455 e. The van der Waals surface area contributed by atoms with Crippen LogP contribution in [0.2, 0.25) is 0 Å². The molecule has 2 aromatic rings. The molecule has 2 amide bonds. The third kappa shape index (κ3) is 7.49. The highest BCUT2D eigenvalue weighted by molar-refractivity contribution is 7.96. The van der Waals surface area contributed by atoms with E-state index in [2.05, 4.69) is 21.1 Å². The van der Waals surface area contributed by atoms with Gasteiger partial charge in [-0.05, 0) is 48.2 Å². The molecule has 0 aliphatic carbocycles. The maximum Gasteiger partial charge on any atom is 0.288 e. The molecule has 1 aromatic heterocycles. The highest BCUT2D eigenvalue weighted by Gasteiger charge is 2.38. The van der Waals surface area contributed by atoms with Gasteiger partial charge in [0.2, 0.25) is 11.8 Å². The molecule has 2 N–H and O–H groups in total. The Labute approximate surface area is 232 Å². The van der Waals surface area contributed by atoms with Gasteiger partial charge in [-0.3, -0.25) is 14.3 Å². The fourth-order valence-electron chi connectivity index (χ4n) is 4.60. The molecule has 202 valence electrons. The van der Waals surface area contributed by atoms with E-state index in [-0.39, 0.29) is 17.9 Å². The van der Waals surface area contributed by atoms with Crippen molar-refractivity contribution >= 4 is 41.1 Å². The molecule has 0 saturated carbocycles. The third-order valence-corrected chi connectivity index (χ3v) is 8.00. The van der Waals surface area contributed by atoms with Crippen LogP contribution in [0.25, 0.3) is 0 Å². The topological polar surface area (TPSA) is 110 Å². The number of carbonyl (C=O) groups is 2. The van der Waals surface area contributed by atoms with E-state index in [4.69, 9.17) is 4.74 Å². The molecule has 1 fully saturated rings. The van der Waals surface area contributed by atoms with Gasteiger partial charge < -0.3 is 19.9 Å². The quantitative estimate of drug-likeness (QED) is 0.324. The van der Waals surface area contributed by atoms with Crippen molar-refractivity contribution in [2.24, 2.45) is 4.99 Å². The first-order valence-electron chi connectivity index (χ1n) is 12.9. The zero-order valence-corrected chi connectivity index (χ0v) is 23.2. The van der Waals surface area contributed by atoms with E-state index in [0.29, 0.717) is 50.7 Å².